The molecule has 0 bridgehead atoms. The van der Waals surface area contributed by atoms with Gasteiger partial charge in [-0.2, -0.15) is 0 Å². The van der Waals surface area contributed by atoms with Crippen LogP contribution in [0.5, 0.6) is 17.2 Å². The Morgan fingerprint density at radius 3 is 2.48 bits per heavy atom. The van der Waals surface area contributed by atoms with Gasteiger partial charge in [-0.1, -0.05) is 41.5 Å². The number of hydrogen-bond donors (Lipinski definition) is 1. The van der Waals surface area contributed by atoms with Crippen molar-refractivity contribution in [2.75, 3.05) is 20.3 Å². The number of ether oxygens (including phenoxy) is 3. The second-order valence-corrected chi connectivity index (χ2v) is 5.76. The minimum absolute atomic E-state index is 0.237. The van der Waals surface area contributed by atoms with Crippen LogP contribution in [0.1, 0.15) is 5.56 Å². The van der Waals surface area contributed by atoms with E-state index in [0.29, 0.717) is 32.9 Å². The first kappa shape index (κ1) is 17.7. The van der Waals surface area contributed by atoms with Gasteiger partial charge in [0, 0.05) is 5.02 Å². The quantitative estimate of drug-likeness (QED) is 0.586. The fraction of sp³-hybridized carbons (Fsp3) is 0.188. The number of nitrogens with two attached hydrogens (primary N) is 1. The lowest BCUT2D eigenvalue weighted by atomic mass is 10.2. The molecule has 0 spiro atoms. The molecule has 0 aliphatic heterocycles. The fourth-order valence-electron chi connectivity index (χ4n) is 1.91. The van der Waals surface area contributed by atoms with Gasteiger partial charge in [0.25, 0.3) is 0 Å². The highest BCUT2D eigenvalue weighted by Gasteiger charge is 2.12. The van der Waals surface area contributed by atoms with E-state index in [1.807, 2.05) is 0 Å². The molecule has 0 amide bonds. The summed E-state index contributed by atoms with van der Waals surface area (Å²) in [5.41, 5.74) is 6.32. The van der Waals surface area contributed by atoms with Crippen molar-refractivity contribution < 1.29 is 14.2 Å². The van der Waals surface area contributed by atoms with Crippen LogP contribution in [-0.2, 0) is 0 Å². The molecule has 2 N–H and O–H groups in total. The third-order valence-corrected chi connectivity index (χ3v) is 3.70. The lowest BCUT2D eigenvalue weighted by Gasteiger charge is -2.15. The molecule has 0 radical (unpaired) electrons. The van der Waals surface area contributed by atoms with E-state index in [2.05, 4.69) is 0 Å². The Morgan fingerprint density at radius 1 is 1.09 bits per heavy atom. The first-order valence-corrected chi connectivity index (χ1v) is 7.86. The van der Waals surface area contributed by atoms with Crippen LogP contribution in [0.4, 0.5) is 0 Å². The summed E-state index contributed by atoms with van der Waals surface area (Å²) in [4.78, 5) is 0.237. The number of para-hydroxylation sites is 1. The number of thiocarbonyl (C=S) groups is 1. The standard InChI is InChI=1S/C16H15Cl2NO3S/c1-20-14-4-2-3-11(16(19)23)15(14)22-8-7-21-13-6-5-10(17)9-12(13)18/h2-6,9H,7-8H2,1H3,(H2,19,23). The first-order chi connectivity index (χ1) is 11.0. The third-order valence-electron chi connectivity index (χ3n) is 2.95. The number of hydrogen-bond acceptors (Lipinski definition) is 4. The van der Waals surface area contributed by atoms with Crippen LogP contribution in [-0.4, -0.2) is 25.3 Å². The van der Waals surface area contributed by atoms with Crippen LogP contribution in [0.2, 0.25) is 10.0 Å². The van der Waals surface area contributed by atoms with Crippen molar-refractivity contribution in [1.29, 1.82) is 0 Å². The van der Waals surface area contributed by atoms with Crippen molar-refractivity contribution in [1.82, 2.24) is 0 Å². The zero-order valence-corrected chi connectivity index (χ0v) is 14.7. The number of halogens is 2. The molecule has 0 saturated heterocycles. The summed E-state index contributed by atoms with van der Waals surface area (Å²) in [5.74, 6) is 1.59. The van der Waals surface area contributed by atoms with E-state index in [1.54, 1.807) is 43.5 Å². The average molecular weight is 372 g/mol. The summed E-state index contributed by atoms with van der Waals surface area (Å²) in [6, 6.07) is 10.4. The maximum absolute atomic E-state index is 6.04. The number of benzene rings is 2. The van der Waals surface area contributed by atoms with Crippen molar-refractivity contribution in [3.8, 4) is 17.2 Å². The van der Waals surface area contributed by atoms with Crippen molar-refractivity contribution in [2.45, 2.75) is 0 Å². The molecule has 0 fully saturated rings. The number of rotatable bonds is 7. The lowest BCUT2D eigenvalue weighted by molar-refractivity contribution is 0.211. The van der Waals surface area contributed by atoms with E-state index in [-0.39, 0.29) is 18.2 Å². The molecule has 0 saturated carbocycles. The monoisotopic (exact) mass is 371 g/mol. The van der Waals surface area contributed by atoms with Crippen molar-refractivity contribution >= 4 is 40.4 Å². The highest BCUT2D eigenvalue weighted by molar-refractivity contribution is 7.80. The summed E-state index contributed by atoms with van der Waals surface area (Å²) in [7, 11) is 1.55. The van der Waals surface area contributed by atoms with Gasteiger partial charge in [-0.15, -0.1) is 0 Å². The predicted octanol–water partition coefficient (Wildman–Crippen LogP) is 4.09. The van der Waals surface area contributed by atoms with Gasteiger partial charge in [0.05, 0.1) is 17.7 Å². The van der Waals surface area contributed by atoms with Crippen molar-refractivity contribution in [3.63, 3.8) is 0 Å². The van der Waals surface area contributed by atoms with Crippen molar-refractivity contribution in [3.05, 3.63) is 52.0 Å². The van der Waals surface area contributed by atoms with Gasteiger partial charge in [0.1, 0.15) is 24.0 Å². The minimum Gasteiger partial charge on any atom is -0.493 e. The fourth-order valence-corrected chi connectivity index (χ4v) is 2.53. The second-order valence-electron chi connectivity index (χ2n) is 4.47. The molecule has 0 aromatic heterocycles. The molecule has 4 nitrogen and oxygen atoms in total. The van der Waals surface area contributed by atoms with E-state index in [9.17, 15) is 0 Å². The number of methoxy groups -OCH3 is 1. The van der Waals surface area contributed by atoms with Crippen LogP contribution in [0.3, 0.4) is 0 Å². The zero-order chi connectivity index (χ0) is 16.8. The molecule has 0 unspecified atom stereocenters. The second kappa shape index (κ2) is 8.24. The van der Waals surface area contributed by atoms with Gasteiger partial charge >= 0.3 is 0 Å². The van der Waals surface area contributed by atoms with Gasteiger partial charge < -0.3 is 19.9 Å². The van der Waals surface area contributed by atoms with E-state index in [1.165, 1.54) is 0 Å². The van der Waals surface area contributed by atoms with E-state index >= 15 is 0 Å². The average Bonchev–Trinajstić information content (AvgIpc) is 2.52. The Bertz CT molecular complexity index is 710. The van der Waals surface area contributed by atoms with E-state index < -0.39 is 0 Å². The molecular weight excluding hydrogens is 357 g/mol. The molecule has 2 aromatic rings. The Balaban J connectivity index is 2.00. The Kier molecular flexibility index (Phi) is 6.33. The molecule has 0 atom stereocenters. The molecule has 0 aliphatic carbocycles. The van der Waals surface area contributed by atoms with Crippen molar-refractivity contribution in [2.24, 2.45) is 5.73 Å². The normalized spacial score (nSPS) is 10.2. The van der Waals surface area contributed by atoms with Crippen LogP contribution < -0.4 is 19.9 Å². The summed E-state index contributed by atoms with van der Waals surface area (Å²) in [6.07, 6.45) is 0. The van der Waals surface area contributed by atoms with Crippen LogP contribution in [0.15, 0.2) is 36.4 Å². The molecular formula is C16H15Cl2NO3S. The maximum atomic E-state index is 6.04. The Hall–Kier alpha value is -1.69. The van der Waals surface area contributed by atoms with E-state index in [4.69, 9.17) is 55.4 Å². The van der Waals surface area contributed by atoms with Gasteiger partial charge in [-0.05, 0) is 30.3 Å². The van der Waals surface area contributed by atoms with Gasteiger partial charge in [-0.25, -0.2) is 0 Å². The predicted molar refractivity (Wildman–Crippen MR) is 96.3 cm³/mol. The Morgan fingerprint density at radius 2 is 1.83 bits per heavy atom. The molecule has 23 heavy (non-hydrogen) atoms. The third kappa shape index (κ3) is 4.64. The Labute approximate surface area is 150 Å². The highest BCUT2D eigenvalue weighted by atomic mass is 35.5. The smallest absolute Gasteiger partial charge is 0.171 e. The molecule has 0 aliphatic rings. The topological polar surface area (TPSA) is 53.7 Å². The highest BCUT2D eigenvalue weighted by Crippen LogP contribution is 2.31. The summed E-state index contributed by atoms with van der Waals surface area (Å²) >= 11 is 16.9. The maximum Gasteiger partial charge on any atom is 0.171 e. The lowest BCUT2D eigenvalue weighted by Crippen LogP contribution is -2.15. The SMILES string of the molecule is COc1cccc(C(N)=S)c1OCCOc1ccc(Cl)cc1Cl. The molecule has 0 heterocycles. The molecule has 2 aromatic carbocycles. The van der Waals surface area contributed by atoms with Crippen LogP contribution in [0, 0.1) is 0 Å². The summed E-state index contributed by atoms with van der Waals surface area (Å²) in [6.45, 7) is 0.561. The minimum atomic E-state index is 0.237. The molecule has 7 heteroatoms. The molecule has 122 valence electrons. The first-order valence-electron chi connectivity index (χ1n) is 6.70. The van der Waals surface area contributed by atoms with Crippen LogP contribution >= 0.6 is 35.4 Å². The van der Waals surface area contributed by atoms with Gasteiger partial charge in [0.15, 0.2) is 11.5 Å². The molecule has 2 rings (SSSR count). The van der Waals surface area contributed by atoms with Gasteiger partial charge in [-0.3, -0.25) is 0 Å². The van der Waals surface area contributed by atoms with E-state index in [0.717, 1.165) is 0 Å². The van der Waals surface area contributed by atoms with Gasteiger partial charge in [0.2, 0.25) is 0 Å². The summed E-state index contributed by atoms with van der Waals surface area (Å²) in [5, 5.41) is 0.993. The summed E-state index contributed by atoms with van der Waals surface area (Å²) < 4.78 is 16.6. The largest absolute Gasteiger partial charge is 0.493 e. The zero-order valence-electron chi connectivity index (χ0n) is 12.3. The van der Waals surface area contributed by atoms with Crippen LogP contribution in [0.25, 0.3) is 0 Å².